The zero-order chi connectivity index (χ0) is 13.8. The van der Waals surface area contributed by atoms with Crippen LogP contribution in [0.2, 0.25) is 0 Å². The van der Waals surface area contributed by atoms with Crippen LogP contribution in [0.15, 0.2) is 15.5 Å². The molecule has 104 valence electrons. The summed E-state index contributed by atoms with van der Waals surface area (Å²) in [5.41, 5.74) is 5.66. The van der Waals surface area contributed by atoms with Gasteiger partial charge in [-0.3, -0.25) is 0 Å². The first-order valence-electron chi connectivity index (χ1n) is 7.19. The Bertz CT molecular complexity index is 464. The first kappa shape index (κ1) is 15.3. The normalized spacial score (nSPS) is 16.4. The van der Waals surface area contributed by atoms with Crippen molar-refractivity contribution in [3.05, 3.63) is 37.8 Å². The van der Waals surface area contributed by atoms with Crippen LogP contribution in [-0.2, 0) is 6.42 Å². The second-order valence-corrected chi connectivity index (χ2v) is 8.57. The Balaban J connectivity index is 2.28. The Hall–Kier alpha value is -0.0800. The Kier molecular flexibility index (Phi) is 5.70. The lowest BCUT2D eigenvalue weighted by Gasteiger charge is -2.23. The molecular formula is C17H22Br2. The van der Waals surface area contributed by atoms with Gasteiger partial charge in [-0.1, -0.05) is 49.8 Å². The summed E-state index contributed by atoms with van der Waals surface area (Å²) in [7, 11) is 0. The summed E-state index contributed by atoms with van der Waals surface area (Å²) in [5, 5.41) is 0. The minimum absolute atomic E-state index is 0.885. The smallest absolute Gasteiger partial charge is 0.0558 e. The van der Waals surface area contributed by atoms with Crippen LogP contribution >= 0.6 is 31.9 Å². The summed E-state index contributed by atoms with van der Waals surface area (Å²) in [4.78, 5) is 0. The lowest BCUT2D eigenvalue weighted by atomic mass is 9.83. The summed E-state index contributed by atoms with van der Waals surface area (Å²) in [6, 6.07) is 4.65. The Morgan fingerprint density at radius 3 is 2.47 bits per heavy atom. The van der Waals surface area contributed by atoms with Gasteiger partial charge in [0.2, 0.25) is 0 Å². The molecule has 1 aliphatic rings. The fraction of sp³-hybridized carbons (Fsp3) is 0.529. The number of hydrogen-bond donors (Lipinski definition) is 0. The van der Waals surface area contributed by atoms with Crippen LogP contribution in [-0.4, -0.2) is 0 Å². The van der Waals surface area contributed by atoms with Crippen molar-refractivity contribution in [3.63, 3.8) is 0 Å². The molecule has 0 heterocycles. The maximum atomic E-state index is 3.50. The zero-order valence-corrected chi connectivity index (χ0v) is 15.0. The molecule has 0 saturated heterocycles. The highest BCUT2D eigenvalue weighted by atomic mass is 79.9. The van der Waals surface area contributed by atoms with Crippen LogP contribution in [0.1, 0.15) is 54.4 Å². The number of halogens is 2. The van der Waals surface area contributed by atoms with Gasteiger partial charge in [-0.25, -0.2) is 0 Å². The molecule has 2 rings (SSSR count). The molecule has 0 unspecified atom stereocenters. The van der Waals surface area contributed by atoms with Crippen LogP contribution in [0.25, 0.3) is 6.08 Å². The average Bonchev–Trinajstić information content (AvgIpc) is 2.34. The van der Waals surface area contributed by atoms with Gasteiger partial charge in [0.05, 0.1) is 3.39 Å². The minimum atomic E-state index is 0.885. The SMILES string of the molecule is Cc1cc(C)c(C=C(Br)Br)c(CC2CCCCC2)c1. The molecule has 0 amide bonds. The van der Waals surface area contributed by atoms with E-state index in [0.29, 0.717) is 0 Å². The first-order valence-corrected chi connectivity index (χ1v) is 8.77. The number of hydrogen-bond acceptors (Lipinski definition) is 0. The van der Waals surface area contributed by atoms with Gasteiger partial charge in [-0.15, -0.1) is 0 Å². The number of rotatable bonds is 3. The summed E-state index contributed by atoms with van der Waals surface area (Å²) < 4.78 is 1.02. The molecule has 1 aliphatic carbocycles. The molecule has 2 heteroatoms. The molecule has 0 nitrogen and oxygen atoms in total. The number of aryl methyl sites for hydroxylation is 2. The van der Waals surface area contributed by atoms with Crippen LogP contribution in [0.4, 0.5) is 0 Å². The van der Waals surface area contributed by atoms with E-state index in [0.717, 1.165) is 9.31 Å². The second kappa shape index (κ2) is 7.08. The van der Waals surface area contributed by atoms with Crippen molar-refractivity contribution in [2.24, 2.45) is 5.92 Å². The van der Waals surface area contributed by atoms with Gasteiger partial charge < -0.3 is 0 Å². The van der Waals surface area contributed by atoms with E-state index in [1.165, 1.54) is 60.8 Å². The van der Waals surface area contributed by atoms with Crippen molar-refractivity contribution < 1.29 is 0 Å². The third-order valence-corrected chi connectivity index (χ3v) is 4.56. The van der Waals surface area contributed by atoms with E-state index in [1.807, 2.05) is 0 Å². The van der Waals surface area contributed by atoms with Crippen molar-refractivity contribution in [1.29, 1.82) is 0 Å². The van der Waals surface area contributed by atoms with E-state index in [4.69, 9.17) is 0 Å². The third-order valence-electron chi connectivity index (χ3n) is 4.10. The van der Waals surface area contributed by atoms with Crippen molar-refractivity contribution >= 4 is 37.9 Å². The molecule has 1 fully saturated rings. The van der Waals surface area contributed by atoms with E-state index in [2.05, 4.69) is 63.9 Å². The molecule has 1 aromatic rings. The summed E-state index contributed by atoms with van der Waals surface area (Å²) >= 11 is 7.00. The predicted octanol–water partition coefficient (Wildman–Crippen LogP) is 6.51. The van der Waals surface area contributed by atoms with E-state index in [-0.39, 0.29) is 0 Å². The zero-order valence-electron chi connectivity index (χ0n) is 11.8. The van der Waals surface area contributed by atoms with Crippen LogP contribution in [0, 0.1) is 19.8 Å². The first-order chi connectivity index (χ1) is 9.06. The topological polar surface area (TPSA) is 0 Å². The maximum Gasteiger partial charge on any atom is 0.0610 e. The fourth-order valence-electron chi connectivity index (χ4n) is 3.25. The molecule has 1 aromatic carbocycles. The van der Waals surface area contributed by atoms with Gasteiger partial charge >= 0.3 is 0 Å². The Morgan fingerprint density at radius 2 is 1.84 bits per heavy atom. The van der Waals surface area contributed by atoms with Crippen molar-refractivity contribution in [3.8, 4) is 0 Å². The lowest BCUT2D eigenvalue weighted by molar-refractivity contribution is 0.356. The van der Waals surface area contributed by atoms with E-state index >= 15 is 0 Å². The van der Waals surface area contributed by atoms with Gasteiger partial charge in [0.1, 0.15) is 0 Å². The Labute approximate surface area is 133 Å². The molecule has 0 spiro atoms. The van der Waals surface area contributed by atoms with E-state index in [9.17, 15) is 0 Å². The van der Waals surface area contributed by atoms with Gasteiger partial charge in [-0.2, -0.15) is 0 Å². The highest BCUT2D eigenvalue weighted by Gasteiger charge is 2.16. The largest absolute Gasteiger partial charge is 0.0610 e. The van der Waals surface area contributed by atoms with Crippen molar-refractivity contribution in [2.45, 2.75) is 52.4 Å². The quantitative estimate of drug-likeness (QED) is 0.555. The molecule has 1 saturated carbocycles. The molecule has 0 N–H and O–H groups in total. The Morgan fingerprint density at radius 1 is 1.16 bits per heavy atom. The van der Waals surface area contributed by atoms with E-state index < -0.39 is 0 Å². The molecule has 0 radical (unpaired) electrons. The maximum absolute atomic E-state index is 3.50. The van der Waals surface area contributed by atoms with Crippen molar-refractivity contribution in [1.82, 2.24) is 0 Å². The highest BCUT2D eigenvalue weighted by molar-refractivity contribution is 9.28. The minimum Gasteiger partial charge on any atom is -0.0558 e. The standard InChI is InChI=1S/C17H22Br2/c1-12-8-13(2)16(11-17(18)19)15(9-12)10-14-6-4-3-5-7-14/h8-9,11,14H,3-7,10H2,1-2H3. The predicted molar refractivity (Wildman–Crippen MR) is 92.0 cm³/mol. The van der Waals surface area contributed by atoms with E-state index in [1.54, 1.807) is 0 Å². The average molecular weight is 386 g/mol. The third kappa shape index (κ3) is 4.46. The molecule has 0 aromatic heterocycles. The van der Waals surface area contributed by atoms with Gasteiger partial charge in [-0.05, 0) is 80.8 Å². The number of benzene rings is 1. The summed E-state index contributed by atoms with van der Waals surface area (Å²) in [6.45, 7) is 4.42. The molecule has 0 aliphatic heterocycles. The van der Waals surface area contributed by atoms with Crippen LogP contribution < -0.4 is 0 Å². The van der Waals surface area contributed by atoms with Gasteiger partial charge in [0.15, 0.2) is 0 Å². The monoisotopic (exact) mass is 384 g/mol. The molecular weight excluding hydrogens is 364 g/mol. The molecule has 19 heavy (non-hydrogen) atoms. The second-order valence-electron chi connectivity index (χ2n) is 5.80. The lowest BCUT2D eigenvalue weighted by Crippen LogP contribution is -2.10. The van der Waals surface area contributed by atoms with Crippen LogP contribution in [0.5, 0.6) is 0 Å². The molecule has 0 atom stereocenters. The summed E-state index contributed by atoms with van der Waals surface area (Å²) in [5.74, 6) is 0.885. The van der Waals surface area contributed by atoms with Gasteiger partial charge in [0, 0.05) is 0 Å². The fourth-order valence-corrected chi connectivity index (χ4v) is 3.71. The van der Waals surface area contributed by atoms with Crippen LogP contribution in [0.3, 0.4) is 0 Å². The molecule has 0 bridgehead atoms. The summed E-state index contributed by atoms with van der Waals surface area (Å²) in [6.07, 6.45) is 10.5. The highest BCUT2D eigenvalue weighted by Crippen LogP contribution is 2.31. The van der Waals surface area contributed by atoms with Crippen molar-refractivity contribution in [2.75, 3.05) is 0 Å². The van der Waals surface area contributed by atoms with Gasteiger partial charge in [0.25, 0.3) is 0 Å².